The van der Waals surface area contributed by atoms with Gasteiger partial charge in [0.1, 0.15) is 23.9 Å². The van der Waals surface area contributed by atoms with E-state index >= 15 is 0 Å². The predicted octanol–water partition coefficient (Wildman–Crippen LogP) is 6.71. The van der Waals surface area contributed by atoms with Crippen molar-refractivity contribution in [1.82, 2.24) is 4.90 Å². The van der Waals surface area contributed by atoms with Gasteiger partial charge in [0.2, 0.25) is 0 Å². The van der Waals surface area contributed by atoms with Gasteiger partial charge in [-0.25, -0.2) is 0 Å². The molecule has 192 valence electrons. The molecule has 4 aromatic carbocycles. The fourth-order valence-corrected chi connectivity index (χ4v) is 5.26. The second-order valence-electron chi connectivity index (χ2n) is 9.33. The standard InChI is InChI=1S/C31H28N2O4S/c1-20-16-26-29(34)25-13-12-24(19-28(25)38-30(26)27(17-20)36-15-14-33(2)3)37-23-11-7-8-21(18-23)31(35)32-22-9-5-4-6-10-22/h4-13,16-19H,14-15H2,1-3H3,(H,32,35). The van der Waals surface area contributed by atoms with Crippen LogP contribution in [0.3, 0.4) is 0 Å². The lowest BCUT2D eigenvalue weighted by molar-refractivity contribution is 0.102. The topological polar surface area (TPSA) is 67.9 Å². The van der Waals surface area contributed by atoms with Crippen molar-refractivity contribution in [3.63, 3.8) is 0 Å². The van der Waals surface area contributed by atoms with Crippen LogP contribution in [0.15, 0.2) is 89.7 Å². The number of anilines is 1. The van der Waals surface area contributed by atoms with Crippen LogP contribution in [0.2, 0.25) is 0 Å². The summed E-state index contributed by atoms with van der Waals surface area (Å²) in [5, 5.41) is 4.18. The summed E-state index contributed by atoms with van der Waals surface area (Å²) in [5.41, 5.74) is 2.16. The predicted molar refractivity (Wildman–Crippen MR) is 155 cm³/mol. The van der Waals surface area contributed by atoms with Gasteiger partial charge in [-0.3, -0.25) is 9.59 Å². The molecule has 1 amide bonds. The maximum absolute atomic E-state index is 13.4. The fraction of sp³-hybridized carbons (Fsp3) is 0.161. The zero-order valence-corrected chi connectivity index (χ0v) is 22.3. The van der Waals surface area contributed by atoms with Crippen LogP contribution in [0.5, 0.6) is 17.2 Å². The third-order valence-corrected chi connectivity index (χ3v) is 7.20. The van der Waals surface area contributed by atoms with Crippen LogP contribution in [-0.4, -0.2) is 38.1 Å². The summed E-state index contributed by atoms with van der Waals surface area (Å²) in [7, 11) is 3.99. The Labute approximate surface area is 225 Å². The number of ether oxygens (including phenoxy) is 2. The number of carbonyl (C=O) groups excluding carboxylic acids is 1. The van der Waals surface area contributed by atoms with Gasteiger partial charge >= 0.3 is 0 Å². The highest BCUT2D eigenvalue weighted by molar-refractivity contribution is 7.24. The summed E-state index contributed by atoms with van der Waals surface area (Å²) in [6.07, 6.45) is 0. The van der Waals surface area contributed by atoms with Crippen molar-refractivity contribution in [3.8, 4) is 17.2 Å². The number of carbonyl (C=O) groups is 1. The van der Waals surface area contributed by atoms with E-state index in [0.717, 1.165) is 27.2 Å². The zero-order valence-electron chi connectivity index (χ0n) is 21.5. The lowest BCUT2D eigenvalue weighted by atomic mass is 10.1. The van der Waals surface area contributed by atoms with E-state index in [0.29, 0.717) is 40.2 Å². The van der Waals surface area contributed by atoms with E-state index in [9.17, 15) is 9.59 Å². The molecule has 0 spiro atoms. The number of fused-ring (bicyclic) bond motifs is 2. The highest BCUT2D eigenvalue weighted by atomic mass is 32.1. The first kappa shape index (κ1) is 25.4. The van der Waals surface area contributed by atoms with Crippen LogP contribution in [0.25, 0.3) is 20.2 Å². The van der Waals surface area contributed by atoms with Crippen LogP contribution >= 0.6 is 11.3 Å². The average molecular weight is 525 g/mol. The Balaban J connectivity index is 1.44. The Bertz CT molecular complexity index is 1680. The van der Waals surface area contributed by atoms with E-state index in [2.05, 4.69) is 10.2 Å². The molecule has 38 heavy (non-hydrogen) atoms. The number of hydrogen-bond donors (Lipinski definition) is 1. The largest absolute Gasteiger partial charge is 0.491 e. The second-order valence-corrected chi connectivity index (χ2v) is 10.4. The number of benzene rings is 4. The van der Waals surface area contributed by atoms with Crippen molar-refractivity contribution >= 4 is 43.1 Å². The molecule has 0 aliphatic rings. The lowest BCUT2D eigenvalue weighted by Crippen LogP contribution is -2.19. The summed E-state index contributed by atoms with van der Waals surface area (Å²) in [5.74, 6) is 1.60. The van der Waals surface area contributed by atoms with Gasteiger partial charge in [0.15, 0.2) is 5.43 Å². The summed E-state index contributed by atoms with van der Waals surface area (Å²) in [4.78, 5) is 28.1. The molecule has 0 unspecified atom stereocenters. The van der Waals surface area contributed by atoms with E-state index in [1.807, 2.05) is 69.6 Å². The molecule has 1 heterocycles. The van der Waals surface area contributed by atoms with E-state index in [1.165, 1.54) is 11.3 Å². The number of likely N-dealkylation sites (N-methyl/N-ethyl adjacent to an activating group) is 1. The molecule has 0 fully saturated rings. The highest BCUT2D eigenvalue weighted by Crippen LogP contribution is 2.35. The summed E-state index contributed by atoms with van der Waals surface area (Å²) >= 11 is 1.51. The van der Waals surface area contributed by atoms with Crippen molar-refractivity contribution < 1.29 is 14.3 Å². The van der Waals surface area contributed by atoms with Gasteiger partial charge in [-0.1, -0.05) is 24.3 Å². The van der Waals surface area contributed by atoms with Crippen molar-refractivity contribution in [2.45, 2.75) is 6.92 Å². The number of rotatable bonds is 8. The molecule has 5 rings (SSSR count). The van der Waals surface area contributed by atoms with Crippen molar-refractivity contribution in [2.75, 3.05) is 32.6 Å². The molecule has 0 radical (unpaired) electrons. The summed E-state index contributed by atoms with van der Waals surface area (Å²) in [6.45, 7) is 3.28. The Kier molecular flexibility index (Phi) is 7.40. The first-order chi connectivity index (χ1) is 18.4. The Morgan fingerprint density at radius 2 is 1.68 bits per heavy atom. The minimum Gasteiger partial charge on any atom is -0.491 e. The fourth-order valence-electron chi connectivity index (χ4n) is 4.11. The minimum atomic E-state index is -0.220. The highest BCUT2D eigenvalue weighted by Gasteiger charge is 2.14. The Morgan fingerprint density at radius 3 is 2.47 bits per heavy atom. The molecule has 0 aliphatic heterocycles. The van der Waals surface area contributed by atoms with E-state index in [4.69, 9.17) is 9.47 Å². The summed E-state index contributed by atoms with van der Waals surface area (Å²) < 4.78 is 13.8. The number of para-hydroxylation sites is 1. The van der Waals surface area contributed by atoms with Crippen LogP contribution in [-0.2, 0) is 0 Å². The summed E-state index contributed by atoms with van der Waals surface area (Å²) in [6, 6.07) is 25.7. The number of aryl methyl sites for hydroxylation is 1. The molecule has 7 heteroatoms. The zero-order chi connectivity index (χ0) is 26.6. The monoisotopic (exact) mass is 524 g/mol. The van der Waals surface area contributed by atoms with Crippen molar-refractivity contribution in [2.24, 2.45) is 0 Å². The number of nitrogens with one attached hydrogen (secondary N) is 1. The third kappa shape index (κ3) is 5.69. The number of hydrogen-bond acceptors (Lipinski definition) is 6. The van der Waals surface area contributed by atoms with Gasteiger partial charge in [0.05, 0.1) is 4.70 Å². The molecule has 0 saturated heterocycles. The van der Waals surface area contributed by atoms with Gasteiger partial charge in [0.25, 0.3) is 5.91 Å². The molecular formula is C31H28N2O4S. The van der Waals surface area contributed by atoms with E-state index < -0.39 is 0 Å². The minimum absolute atomic E-state index is 0.0268. The number of amides is 1. The smallest absolute Gasteiger partial charge is 0.255 e. The van der Waals surface area contributed by atoms with Crippen LogP contribution in [0, 0.1) is 6.92 Å². The van der Waals surface area contributed by atoms with E-state index in [-0.39, 0.29) is 11.3 Å². The maximum Gasteiger partial charge on any atom is 0.255 e. The normalized spacial score (nSPS) is 11.2. The second kappa shape index (κ2) is 11.0. The molecular weight excluding hydrogens is 496 g/mol. The molecule has 0 bridgehead atoms. The Hall–Kier alpha value is -4.20. The molecule has 1 N–H and O–H groups in total. The molecule has 0 aliphatic carbocycles. The molecule has 0 saturated carbocycles. The van der Waals surface area contributed by atoms with Crippen LogP contribution in [0.4, 0.5) is 5.69 Å². The van der Waals surface area contributed by atoms with E-state index in [1.54, 1.807) is 36.4 Å². The SMILES string of the molecule is Cc1cc(OCCN(C)C)c2sc3cc(Oc4cccc(C(=O)Nc5ccccc5)c4)ccc3c(=O)c2c1. The van der Waals surface area contributed by atoms with Gasteiger partial charge < -0.3 is 19.7 Å². The van der Waals surface area contributed by atoms with Crippen molar-refractivity contribution in [3.05, 3.63) is 106 Å². The first-order valence-corrected chi connectivity index (χ1v) is 13.1. The Morgan fingerprint density at radius 1 is 0.895 bits per heavy atom. The van der Waals surface area contributed by atoms with Crippen LogP contribution in [0.1, 0.15) is 15.9 Å². The number of nitrogens with zero attached hydrogens (tertiary/aromatic N) is 1. The van der Waals surface area contributed by atoms with Crippen molar-refractivity contribution in [1.29, 1.82) is 0 Å². The van der Waals surface area contributed by atoms with Gasteiger partial charge in [-0.05, 0) is 87.2 Å². The molecule has 6 nitrogen and oxygen atoms in total. The molecule has 0 atom stereocenters. The van der Waals surface area contributed by atoms with Crippen LogP contribution < -0.4 is 20.2 Å². The van der Waals surface area contributed by atoms with Gasteiger partial charge in [-0.2, -0.15) is 0 Å². The lowest BCUT2D eigenvalue weighted by Gasteiger charge is -2.14. The molecule has 1 aromatic heterocycles. The quantitative estimate of drug-likeness (QED) is 0.229. The third-order valence-electron chi connectivity index (χ3n) is 6.01. The first-order valence-electron chi connectivity index (χ1n) is 12.3. The molecule has 5 aromatic rings. The van der Waals surface area contributed by atoms with Gasteiger partial charge in [0, 0.05) is 33.3 Å². The average Bonchev–Trinajstić information content (AvgIpc) is 2.90. The maximum atomic E-state index is 13.4. The van der Waals surface area contributed by atoms with Gasteiger partial charge in [-0.15, -0.1) is 11.3 Å².